The lowest BCUT2D eigenvalue weighted by Crippen LogP contribution is -2.15. The number of benzene rings is 5. The highest BCUT2D eigenvalue weighted by Gasteiger charge is 2.19. The first-order valence-corrected chi connectivity index (χ1v) is 17.5. The summed E-state index contributed by atoms with van der Waals surface area (Å²) in [5.74, 6) is 0. The number of nitrogens with zero attached hydrogens (tertiary/aromatic N) is 4. The molecule has 0 unspecified atom stereocenters. The van der Waals surface area contributed by atoms with Crippen LogP contribution in [0.15, 0.2) is 188 Å². The number of pyridine rings is 1. The molecule has 8 rings (SSSR count). The number of aromatic nitrogens is 3. The molecule has 3 heterocycles. The van der Waals surface area contributed by atoms with Gasteiger partial charge in [-0.1, -0.05) is 79.4 Å². The fourth-order valence-electron chi connectivity index (χ4n) is 7.10. The van der Waals surface area contributed by atoms with Crippen LogP contribution in [0.5, 0.6) is 0 Å². The van der Waals surface area contributed by atoms with Gasteiger partial charge < -0.3 is 14.0 Å². The summed E-state index contributed by atoms with van der Waals surface area (Å²) in [5, 5.41) is 3.45. The Balaban J connectivity index is 1.31. The van der Waals surface area contributed by atoms with E-state index in [9.17, 15) is 0 Å². The highest BCUT2D eigenvalue weighted by atomic mass is 15.1. The second-order valence-corrected chi connectivity index (χ2v) is 12.7. The Labute approximate surface area is 304 Å². The summed E-state index contributed by atoms with van der Waals surface area (Å²) in [5.41, 5.74) is 15.3. The van der Waals surface area contributed by atoms with Gasteiger partial charge in [-0.2, -0.15) is 0 Å². The second-order valence-electron chi connectivity index (χ2n) is 12.7. The van der Waals surface area contributed by atoms with Gasteiger partial charge in [0.2, 0.25) is 0 Å². The Morgan fingerprint density at radius 2 is 1.40 bits per heavy atom. The molecule has 0 saturated carbocycles. The highest BCUT2D eigenvalue weighted by molar-refractivity contribution is 5.94. The minimum Gasteiger partial charge on any atom is -0.311 e. The minimum absolute atomic E-state index is 0.964. The molecule has 0 saturated heterocycles. The number of anilines is 2. The monoisotopic (exact) mass is 670 g/mol. The third kappa shape index (κ3) is 5.98. The van der Waals surface area contributed by atoms with Crippen molar-refractivity contribution in [2.45, 2.75) is 13.8 Å². The first-order chi connectivity index (χ1) is 25.6. The SMILES string of the molecule is C=CC=C=Cc1c(C)c2cc(N(C(/C=C\c3cc4ccccc4n3-c3ccccc3)=C/C)c3ccc4ncccc4c3)ccc2n1-c1ccccc1. The zero-order valence-electron chi connectivity index (χ0n) is 29.3. The number of aryl methyl sites for hydroxylation is 1. The topological polar surface area (TPSA) is 26.0 Å². The van der Waals surface area contributed by atoms with Crippen molar-refractivity contribution in [2.24, 2.45) is 0 Å². The highest BCUT2D eigenvalue weighted by Crippen LogP contribution is 2.38. The number of allylic oxidation sites excluding steroid dienone is 4. The summed E-state index contributed by atoms with van der Waals surface area (Å²) >= 11 is 0. The lowest BCUT2D eigenvalue weighted by Gasteiger charge is -2.27. The minimum atomic E-state index is 0.964. The van der Waals surface area contributed by atoms with E-state index in [1.165, 1.54) is 21.9 Å². The van der Waals surface area contributed by atoms with Gasteiger partial charge in [-0.05, 0) is 117 Å². The van der Waals surface area contributed by atoms with Crippen molar-refractivity contribution < 1.29 is 0 Å². The van der Waals surface area contributed by atoms with E-state index < -0.39 is 0 Å². The van der Waals surface area contributed by atoms with Crippen molar-refractivity contribution in [1.82, 2.24) is 14.1 Å². The van der Waals surface area contributed by atoms with Crippen LogP contribution >= 0.6 is 0 Å². The van der Waals surface area contributed by atoms with Gasteiger partial charge >= 0.3 is 0 Å². The molecule has 4 heteroatoms. The van der Waals surface area contributed by atoms with Crippen molar-refractivity contribution in [1.29, 1.82) is 0 Å². The molecule has 0 aliphatic heterocycles. The smallest absolute Gasteiger partial charge is 0.0703 e. The lowest BCUT2D eigenvalue weighted by molar-refractivity contribution is 1.10. The Morgan fingerprint density at radius 1 is 0.712 bits per heavy atom. The van der Waals surface area contributed by atoms with Gasteiger partial charge in [-0.15, -0.1) is 5.73 Å². The largest absolute Gasteiger partial charge is 0.311 e. The summed E-state index contributed by atoms with van der Waals surface area (Å²) in [6, 6.07) is 49.2. The van der Waals surface area contributed by atoms with Crippen LogP contribution in [0, 0.1) is 6.92 Å². The molecule has 8 aromatic rings. The summed E-state index contributed by atoms with van der Waals surface area (Å²) in [6.07, 6.45) is 14.1. The number of hydrogen-bond acceptors (Lipinski definition) is 2. The van der Waals surface area contributed by atoms with Gasteiger partial charge in [0, 0.05) is 62.6 Å². The number of hydrogen-bond donors (Lipinski definition) is 0. The molecule has 0 fully saturated rings. The predicted octanol–water partition coefficient (Wildman–Crippen LogP) is 12.5. The van der Waals surface area contributed by atoms with Gasteiger partial charge in [-0.3, -0.25) is 4.98 Å². The van der Waals surface area contributed by atoms with Gasteiger partial charge in [0.05, 0.1) is 22.2 Å². The predicted molar refractivity (Wildman–Crippen MR) is 221 cm³/mol. The van der Waals surface area contributed by atoms with E-state index >= 15 is 0 Å². The molecule has 0 N–H and O–H groups in total. The Bertz CT molecular complexity index is 2700. The maximum Gasteiger partial charge on any atom is 0.0703 e. The summed E-state index contributed by atoms with van der Waals surface area (Å²) in [4.78, 5) is 6.95. The standard InChI is InChI=1S/C48H38N4/c1-4-6-9-23-46-35(3)44-34-43(28-30-48(44)52(46)40-21-12-8-13-22-40)50(41-27-29-45-36(32-41)18-16-31-49-45)38(5-2)25-26-42-33-37-17-14-15-24-47(37)51(42)39-19-10-7-11-20-39/h4-8,10-34H,1H2,2-3H3/b26-25-,38-5+. The zero-order valence-corrected chi connectivity index (χ0v) is 29.3. The zero-order chi connectivity index (χ0) is 35.4. The number of rotatable bonds is 9. The molecule has 5 aromatic carbocycles. The van der Waals surface area contributed by atoms with E-state index in [0.717, 1.165) is 56.3 Å². The molecule has 0 amide bonds. The molecular weight excluding hydrogens is 633 g/mol. The molecule has 0 aliphatic rings. The maximum absolute atomic E-state index is 4.61. The number of para-hydroxylation sites is 3. The fraction of sp³-hybridized carbons (Fsp3) is 0.0417. The van der Waals surface area contributed by atoms with E-state index in [-0.39, 0.29) is 0 Å². The van der Waals surface area contributed by atoms with Gasteiger partial charge in [0.25, 0.3) is 0 Å². The Kier molecular flexibility index (Phi) is 8.81. The van der Waals surface area contributed by atoms with Crippen molar-refractivity contribution >= 4 is 56.2 Å². The third-order valence-electron chi connectivity index (χ3n) is 9.53. The van der Waals surface area contributed by atoms with E-state index in [1.54, 1.807) is 6.08 Å². The van der Waals surface area contributed by atoms with Crippen LogP contribution < -0.4 is 4.90 Å². The maximum atomic E-state index is 4.61. The van der Waals surface area contributed by atoms with E-state index in [0.29, 0.717) is 0 Å². The van der Waals surface area contributed by atoms with Gasteiger partial charge in [0.1, 0.15) is 0 Å². The molecule has 250 valence electrons. The normalized spacial score (nSPS) is 11.7. The molecular formula is C48H38N4. The van der Waals surface area contributed by atoms with Crippen molar-refractivity contribution in [3.63, 3.8) is 0 Å². The van der Waals surface area contributed by atoms with Crippen LogP contribution in [0.1, 0.15) is 23.9 Å². The average Bonchev–Trinajstić information content (AvgIpc) is 3.71. The molecule has 0 spiro atoms. The van der Waals surface area contributed by atoms with Gasteiger partial charge in [-0.25, -0.2) is 0 Å². The van der Waals surface area contributed by atoms with Crippen molar-refractivity contribution in [3.8, 4) is 11.4 Å². The third-order valence-corrected chi connectivity index (χ3v) is 9.53. The quantitative estimate of drug-likeness (QED) is 0.113. The molecule has 0 atom stereocenters. The molecule has 4 nitrogen and oxygen atoms in total. The van der Waals surface area contributed by atoms with Crippen LogP contribution in [0.4, 0.5) is 11.4 Å². The summed E-state index contributed by atoms with van der Waals surface area (Å²) in [7, 11) is 0. The first kappa shape index (κ1) is 32.3. The fourth-order valence-corrected chi connectivity index (χ4v) is 7.10. The second kappa shape index (κ2) is 14.2. The van der Waals surface area contributed by atoms with Crippen LogP contribution in [-0.4, -0.2) is 14.1 Å². The van der Waals surface area contributed by atoms with Crippen LogP contribution in [0.3, 0.4) is 0 Å². The average molecular weight is 671 g/mol. The van der Waals surface area contributed by atoms with E-state index in [4.69, 9.17) is 0 Å². The Hall–Kier alpha value is -6.87. The van der Waals surface area contributed by atoms with Crippen molar-refractivity contribution in [2.75, 3.05) is 4.90 Å². The lowest BCUT2D eigenvalue weighted by atomic mass is 10.1. The number of fused-ring (bicyclic) bond motifs is 3. The van der Waals surface area contributed by atoms with Crippen LogP contribution in [0.25, 0.3) is 56.2 Å². The van der Waals surface area contributed by atoms with Crippen molar-refractivity contribution in [3.05, 3.63) is 205 Å². The summed E-state index contributed by atoms with van der Waals surface area (Å²) in [6.45, 7) is 8.14. The first-order valence-electron chi connectivity index (χ1n) is 17.5. The molecule has 52 heavy (non-hydrogen) atoms. The molecule has 3 aromatic heterocycles. The van der Waals surface area contributed by atoms with Crippen LogP contribution in [0.2, 0.25) is 0 Å². The Morgan fingerprint density at radius 3 is 2.17 bits per heavy atom. The molecule has 0 bridgehead atoms. The van der Waals surface area contributed by atoms with E-state index in [1.807, 2.05) is 24.4 Å². The molecule has 0 radical (unpaired) electrons. The summed E-state index contributed by atoms with van der Waals surface area (Å²) < 4.78 is 4.63. The van der Waals surface area contributed by atoms with Gasteiger partial charge in [0.15, 0.2) is 0 Å². The molecule has 0 aliphatic carbocycles. The van der Waals surface area contributed by atoms with Crippen LogP contribution in [-0.2, 0) is 0 Å². The van der Waals surface area contributed by atoms with E-state index in [2.05, 4.69) is 197 Å².